The molecule has 21 heavy (non-hydrogen) atoms. The molecule has 3 heterocycles. The van der Waals surface area contributed by atoms with Crippen molar-refractivity contribution in [1.29, 1.82) is 0 Å². The van der Waals surface area contributed by atoms with Gasteiger partial charge in [0.15, 0.2) is 4.96 Å². The van der Waals surface area contributed by atoms with Crippen molar-refractivity contribution in [2.75, 3.05) is 18.1 Å². The molecule has 112 valence electrons. The number of rotatable bonds is 4. The number of aromatic nitrogens is 2. The van der Waals surface area contributed by atoms with E-state index < -0.39 is 5.97 Å². The standard InChI is InChI=1S/C13H15N3O3S2/c17-11(5-9-7-15-1-4-21-13(15)14-9)16-2-3-20-8-10(16)6-12(18)19/h1,4,7,10H,2-3,5-6,8H2,(H,18,19). The predicted molar refractivity (Wildman–Crippen MR) is 81.9 cm³/mol. The largest absolute Gasteiger partial charge is 0.481 e. The first kappa shape index (κ1) is 14.4. The van der Waals surface area contributed by atoms with Gasteiger partial charge in [-0.1, -0.05) is 0 Å². The van der Waals surface area contributed by atoms with Crippen LogP contribution in [0.5, 0.6) is 0 Å². The maximum Gasteiger partial charge on any atom is 0.305 e. The van der Waals surface area contributed by atoms with Crippen LogP contribution in [0.15, 0.2) is 17.8 Å². The van der Waals surface area contributed by atoms with Crippen LogP contribution in [-0.2, 0) is 16.0 Å². The van der Waals surface area contributed by atoms with Crippen molar-refractivity contribution >= 4 is 39.9 Å². The summed E-state index contributed by atoms with van der Waals surface area (Å²) in [7, 11) is 0. The minimum Gasteiger partial charge on any atom is -0.481 e. The molecule has 3 rings (SSSR count). The zero-order valence-electron chi connectivity index (χ0n) is 11.3. The van der Waals surface area contributed by atoms with Gasteiger partial charge in [-0.05, 0) is 0 Å². The summed E-state index contributed by atoms with van der Waals surface area (Å²) in [6.07, 6.45) is 4.01. The number of aliphatic carboxylic acids is 1. The minimum absolute atomic E-state index is 0.0109. The van der Waals surface area contributed by atoms with Crippen molar-refractivity contribution in [3.63, 3.8) is 0 Å². The van der Waals surface area contributed by atoms with Crippen molar-refractivity contribution in [2.24, 2.45) is 0 Å². The molecule has 1 saturated heterocycles. The summed E-state index contributed by atoms with van der Waals surface area (Å²) >= 11 is 3.23. The van der Waals surface area contributed by atoms with Crippen LogP contribution in [0.2, 0.25) is 0 Å². The highest BCUT2D eigenvalue weighted by atomic mass is 32.2. The van der Waals surface area contributed by atoms with Crippen LogP contribution in [0.25, 0.3) is 4.96 Å². The molecule has 1 aliphatic rings. The highest BCUT2D eigenvalue weighted by Crippen LogP contribution is 2.20. The Morgan fingerprint density at radius 1 is 1.48 bits per heavy atom. The fourth-order valence-corrected chi connectivity index (χ4v) is 4.25. The Bertz CT molecular complexity index is 638. The highest BCUT2D eigenvalue weighted by molar-refractivity contribution is 7.99. The second kappa shape index (κ2) is 6.07. The smallest absolute Gasteiger partial charge is 0.305 e. The Kier molecular flexibility index (Phi) is 4.16. The Balaban J connectivity index is 1.70. The highest BCUT2D eigenvalue weighted by Gasteiger charge is 2.29. The van der Waals surface area contributed by atoms with Gasteiger partial charge in [0.2, 0.25) is 5.91 Å². The number of hydrogen-bond acceptors (Lipinski definition) is 5. The molecule has 2 aromatic heterocycles. The van der Waals surface area contributed by atoms with Crippen molar-refractivity contribution in [2.45, 2.75) is 18.9 Å². The molecule has 2 aromatic rings. The Hall–Kier alpha value is -1.54. The van der Waals surface area contributed by atoms with Crippen LogP contribution in [-0.4, -0.2) is 55.4 Å². The van der Waals surface area contributed by atoms with Crippen molar-refractivity contribution in [3.05, 3.63) is 23.5 Å². The zero-order valence-corrected chi connectivity index (χ0v) is 12.9. The van der Waals surface area contributed by atoms with Crippen molar-refractivity contribution in [1.82, 2.24) is 14.3 Å². The normalized spacial score (nSPS) is 19.0. The molecule has 0 spiro atoms. The van der Waals surface area contributed by atoms with E-state index in [0.29, 0.717) is 12.3 Å². The van der Waals surface area contributed by atoms with Gasteiger partial charge in [0.05, 0.1) is 24.6 Å². The molecule has 1 atom stereocenters. The van der Waals surface area contributed by atoms with E-state index in [1.165, 1.54) is 11.3 Å². The second-order valence-electron chi connectivity index (χ2n) is 4.92. The number of carboxylic acids is 1. The van der Waals surface area contributed by atoms with Gasteiger partial charge in [-0.3, -0.25) is 14.0 Å². The monoisotopic (exact) mass is 325 g/mol. The van der Waals surface area contributed by atoms with E-state index in [2.05, 4.69) is 4.98 Å². The average molecular weight is 325 g/mol. The number of thioether (sulfide) groups is 1. The SMILES string of the molecule is O=C(O)CC1CSCCN1C(=O)Cc1cn2ccsc2n1. The number of nitrogens with zero attached hydrogens (tertiary/aromatic N) is 3. The van der Waals surface area contributed by atoms with Crippen molar-refractivity contribution < 1.29 is 14.7 Å². The van der Waals surface area contributed by atoms with E-state index in [0.717, 1.165) is 16.4 Å². The quantitative estimate of drug-likeness (QED) is 0.918. The fourth-order valence-electron chi connectivity index (χ4n) is 2.47. The molecule has 0 aromatic carbocycles. The molecule has 0 aliphatic carbocycles. The van der Waals surface area contributed by atoms with E-state index in [1.54, 1.807) is 16.7 Å². The summed E-state index contributed by atoms with van der Waals surface area (Å²) < 4.78 is 1.90. The maximum absolute atomic E-state index is 12.4. The number of carboxylic acid groups (broad SMARTS) is 1. The molecule has 8 heteroatoms. The molecule has 0 saturated carbocycles. The number of imidazole rings is 1. The third-order valence-corrected chi connectivity index (χ3v) is 5.30. The topological polar surface area (TPSA) is 74.9 Å². The Morgan fingerprint density at radius 2 is 2.33 bits per heavy atom. The summed E-state index contributed by atoms with van der Waals surface area (Å²) in [6.45, 7) is 0.615. The number of fused-ring (bicyclic) bond motifs is 1. The van der Waals surface area contributed by atoms with Gasteiger partial charge in [-0.2, -0.15) is 11.8 Å². The summed E-state index contributed by atoms with van der Waals surface area (Å²) in [5, 5.41) is 10.9. The molecule has 1 aliphatic heterocycles. The van der Waals surface area contributed by atoms with Crippen LogP contribution in [0.3, 0.4) is 0 Å². The predicted octanol–water partition coefficient (Wildman–Crippen LogP) is 1.36. The molecular formula is C13H15N3O3S2. The third-order valence-electron chi connectivity index (χ3n) is 3.43. The lowest BCUT2D eigenvalue weighted by molar-refractivity contribution is -0.140. The lowest BCUT2D eigenvalue weighted by Gasteiger charge is -2.34. The lowest BCUT2D eigenvalue weighted by atomic mass is 10.1. The summed E-state index contributed by atoms with van der Waals surface area (Å²) in [5.74, 6) is 0.659. The summed E-state index contributed by atoms with van der Waals surface area (Å²) in [4.78, 5) is 30.3. The fraction of sp³-hybridized carbons (Fsp3) is 0.462. The number of carbonyl (C=O) groups excluding carboxylic acids is 1. The van der Waals surface area contributed by atoms with E-state index in [9.17, 15) is 9.59 Å². The first-order valence-electron chi connectivity index (χ1n) is 6.63. The maximum atomic E-state index is 12.4. The van der Waals surface area contributed by atoms with Crippen LogP contribution in [0.4, 0.5) is 0 Å². The van der Waals surface area contributed by atoms with Crippen LogP contribution < -0.4 is 0 Å². The average Bonchev–Trinajstić information content (AvgIpc) is 2.99. The Labute approximate surface area is 129 Å². The number of amides is 1. The first-order valence-corrected chi connectivity index (χ1v) is 8.67. The van der Waals surface area contributed by atoms with E-state index in [-0.39, 0.29) is 24.8 Å². The van der Waals surface area contributed by atoms with E-state index >= 15 is 0 Å². The second-order valence-corrected chi connectivity index (χ2v) is 6.94. The molecule has 1 amide bonds. The molecule has 1 fully saturated rings. The molecule has 0 radical (unpaired) electrons. The molecular weight excluding hydrogens is 310 g/mol. The minimum atomic E-state index is -0.859. The van der Waals surface area contributed by atoms with E-state index in [1.807, 2.05) is 22.2 Å². The summed E-state index contributed by atoms with van der Waals surface area (Å²) in [6, 6.07) is -0.211. The molecule has 1 unspecified atom stereocenters. The first-order chi connectivity index (χ1) is 10.1. The third kappa shape index (κ3) is 3.21. The number of thiazole rings is 1. The Morgan fingerprint density at radius 3 is 3.10 bits per heavy atom. The van der Waals surface area contributed by atoms with Crippen LogP contribution in [0, 0.1) is 0 Å². The van der Waals surface area contributed by atoms with Gasteiger partial charge in [0.25, 0.3) is 0 Å². The molecule has 6 nitrogen and oxygen atoms in total. The molecule has 1 N–H and O–H groups in total. The van der Waals surface area contributed by atoms with Gasteiger partial charge in [-0.15, -0.1) is 11.3 Å². The summed E-state index contributed by atoms with van der Waals surface area (Å²) in [5.41, 5.74) is 0.735. The van der Waals surface area contributed by atoms with Gasteiger partial charge >= 0.3 is 5.97 Å². The molecule has 0 bridgehead atoms. The number of hydrogen-bond donors (Lipinski definition) is 1. The van der Waals surface area contributed by atoms with E-state index in [4.69, 9.17) is 5.11 Å². The zero-order chi connectivity index (χ0) is 14.8. The number of carbonyl (C=O) groups is 2. The van der Waals surface area contributed by atoms with Crippen LogP contribution >= 0.6 is 23.1 Å². The van der Waals surface area contributed by atoms with Crippen molar-refractivity contribution in [3.8, 4) is 0 Å². The van der Waals surface area contributed by atoms with Gasteiger partial charge in [-0.25, -0.2) is 4.98 Å². The van der Waals surface area contributed by atoms with Gasteiger partial charge in [0.1, 0.15) is 0 Å². The lowest BCUT2D eigenvalue weighted by Crippen LogP contribution is -2.47. The van der Waals surface area contributed by atoms with Gasteiger partial charge < -0.3 is 10.0 Å². The van der Waals surface area contributed by atoms with Gasteiger partial charge in [0, 0.05) is 35.8 Å². The van der Waals surface area contributed by atoms with Crippen LogP contribution in [0.1, 0.15) is 12.1 Å².